The number of nitrogens with zero attached hydrogens (tertiary/aromatic N) is 1. The van der Waals surface area contributed by atoms with Gasteiger partial charge in [-0.2, -0.15) is 0 Å². The van der Waals surface area contributed by atoms with Crippen LogP contribution in [0.4, 0.5) is 15.8 Å². The van der Waals surface area contributed by atoms with E-state index in [1.165, 1.54) is 6.07 Å². The van der Waals surface area contributed by atoms with E-state index in [0.29, 0.717) is 12.2 Å². The fraction of sp³-hybridized carbons (Fsp3) is 0.500. The molecule has 0 aromatic heterocycles. The number of halogens is 1. The quantitative estimate of drug-likeness (QED) is 0.736. The molecule has 2 aliphatic heterocycles. The number of hydrogen-bond acceptors (Lipinski definition) is 3. The molecular formula is C12H15FN2O. The second kappa shape index (κ2) is 3.63. The van der Waals surface area contributed by atoms with Gasteiger partial charge in [-0.25, -0.2) is 4.39 Å². The molecule has 3 rings (SSSR count). The molecule has 16 heavy (non-hydrogen) atoms. The van der Waals surface area contributed by atoms with E-state index < -0.39 is 0 Å². The number of ether oxygens (including phenoxy) is 1. The molecule has 0 amide bonds. The summed E-state index contributed by atoms with van der Waals surface area (Å²) in [5.41, 5.74) is 6.83. The van der Waals surface area contributed by atoms with Crippen molar-refractivity contribution >= 4 is 11.4 Å². The van der Waals surface area contributed by atoms with Crippen LogP contribution in [0.2, 0.25) is 0 Å². The first-order valence-corrected chi connectivity index (χ1v) is 5.68. The van der Waals surface area contributed by atoms with Crippen LogP contribution in [-0.2, 0) is 4.74 Å². The minimum atomic E-state index is -0.337. The minimum absolute atomic E-state index is 0.254. The maximum Gasteiger partial charge on any atom is 0.148 e. The summed E-state index contributed by atoms with van der Waals surface area (Å²) < 4.78 is 19.1. The van der Waals surface area contributed by atoms with E-state index in [1.54, 1.807) is 6.07 Å². The average molecular weight is 222 g/mol. The lowest BCUT2D eigenvalue weighted by atomic mass is 10.2. The van der Waals surface area contributed by atoms with Crippen LogP contribution in [0.5, 0.6) is 0 Å². The molecule has 1 aromatic carbocycles. The van der Waals surface area contributed by atoms with Crippen molar-refractivity contribution in [3.63, 3.8) is 0 Å². The van der Waals surface area contributed by atoms with Crippen molar-refractivity contribution in [2.75, 3.05) is 23.7 Å². The third kappa shape index (κ3) is 1.53. The van der Waals surface area contributed by atoms with E-state index >= 15 is 0 Å². The Labute approximate surface area is 94.0 Å². The lowest BCUT2D eigenvalue weighted by Gasteiger charge is -2.34. The Balaban J connectivity index is 1.89. The number of benzene rings is 1. The van der Waals surface area contributed by atoms with E-state index in [1.807, 2.05) is 6.07 Å². The largest absolute Gasteiger partial charge is 0.395 e. The number of para-hydroxylation sites is 1. The van der Waals surface area contributed by atoms with Crippen molar-refractivity contribution in [1.29, 1.82) is 0 Å². The Morgan fingerprint density at radius 1 is 1.25 bits per heavy atom. The Bertz CT molecular complexity index is 398. The van der Waals surface area contributed by atoms with E-state index in [4.69, 9.17) is 10.5 Å². The third-order valence-corrected chi connectivity index (χ3v) is 3.41. The first-order chi connectivity index (χ1) is 7.74. The number of morpholine rings is 1. The fourth-order valence-corrected chi connectivity index (χ4v) is 2.61. The van der Waals surface area contributed by atoms with Gasteiger partial charge in [-0.15, -0.1) is 0 Å². The van der Waals surface area contributed by atoms with Gasteiger partial charge in [0.1, 0.15) is 5.82 Å². The summed E-state index contributed by atoms with van der Waals surface area (Å²) in [5.74, 6) is -0.337. The lowest BCUT2D eigenvalue weighted by molar-refractivity contribution is 0.0305. The van der Waals surface area contributed by atoms with Crippen molar-refractivity contribution in [3.05, 3.63) is 24.0 Å². The molecule has 2 heterocycles. The molecular weight excluding hydrogens is 207 g/mol. The van der Waals surface area contributed by atoms with E-state index in [-0.39, 0.29) is 11.5 Å². The normalized spacial score (nSPS) is 28.4. The molecule has 4 heteroatoms. The van der Waals surface area contributed by atoms with Gasteiger partial charge in [0, 0.05) is 13.1 Å². The molecule has 0 radical (unpaired) electrons. The van der Waals surface area contributed by atoms with Gasteiger partial charge >= 0.3 is 0 Å². The van der Waals surface area contributed by atoms with Crippen LogP contribution in [0, 0.1) is 5.82 Å². The summed E-state index contributed by atoms with van der Waals surface area (Å²) in [6.07, 6.45) is 2.80. The first kappa shape index (κ1) is 9.90. The van der Waals surface area contributed by atoms with Gasteiger partial charge in [0.15, 0.2) is 0 Å². The highest BCUT2D eigenvalue weighted by Crippen LogP contribution is 2.33. The summed E-state index contributed by atoms with van der Waals surface area (Å²) in [7, 11) is 0. The number of nitrogen functional groups attached to an aromatic ring is 1. The van der Waals surface area contributed by atoms with Crippen LogP contribution in [-0.4, -0.2) is 25.3 Å². The van der Waals surface area contributed by atoms with Crippen LogP contribution < -0.4 is 10.6 Å². The predicted octanol–water partition coefficient (Wildman–Crippen LogP) is 1.78. The first-order valence-electron chi connectivity index (χ1n) is 5.68. The topological polar surface area (TPSA) is 38.5 Å². The second-order valence-electron chi connectivity index (χ2n) is 4.54. The van der Waals surface area contributed by atoms with Crippen LogP contribution in [0.3, 0.4) is 0 Å². The summed E-state index contributed by atoms with van der Waals surface area (Å²) in [5, 5.41) is 0. The van der Waals surface area contributed by atoms with Crippen molar-refractivity contribution in [2.24, 2.45) is 0 Å². The van der Waals surface area contributed by atoms with Crippen molar-refractivity contribution in [3.8, 4) is 0 Å². The molecule has 2 bridgehead atoms. The summed E-state index contributed by atoms with van der Waals surface area (Å²) in [4.78, 5) is 2.14. The van der Waals surface area contributed by atoms with Crippen molar-refractivity contribution in [1.82, 2.24) is 0 Å². The Morgan fingerprint density at radius 2 is 1.94 bits per heavy atom. The van der Waals surface area contributed by atoms with Crippen LogP contribution >= 0.6 is 0 Å². The van der Waals surface area contributed by atoms with Gasteiger partial charge in [-0.05, 0) is 25.0 Å². The predicted molar refractivity (Wildman–Crippen MR) is 60.9 cm³/mol. The van der Waals surface area contributed by atoms with Gasteiger partial charge in [0.2, 0.25) is 0 Å². The minimum Gasteiger partial charge on any atom is -0.395 e. The van der Waals surface area contributed by atoms with E-state index in [0.717, 1.165) is 31.6 Å². The summed E-state index contributed by atoms with van der Waals surface area (Å²) in [6.45, 7) is 1.65. The molecule has 0 spiro atoms. The highest BCUT2D eigenvalue weighted by Gasteiger charge is 2.34. The maximum atomic E-state index is 13.4. The molecule has 0 aliphatic carbocycles. The SMILES string of the molecule is Nc1c(F)cccc1N1CC2CCC(C1)O2. The number of anilines is 2. The summed E-state index contributed by atoms with van der Waals surface area (Å²) >= 11 is 0. The van der Waals surface area contributed by atoms with Crippen LogP contribution in [0.25, 0.3) is 0 Å². The van der Waals surface area contributed by atoms with E-state index in [9.17, 15) is 4.39 Å². The smallest absolute Gasteiger partial charge is 0.148 e. The highest BCUT2D eigenvalue weighted by molar-refractivity contribution is 5.68. The van der Waals surface area contributed by atoms with Gasteiger partial charge in [-0.1, -0.05) is 6.07 Å². The fourth-order valence-electron chi connectivity index (χ4n) is 2.61. The Morgan fingerprint density at radius 3 is 2.62 bits per heavy atom. The second-order valence-corrected chi connectivity index (χ2v) is 4.54. The van der Waals surface area contributed by atoms with Crippen LogP contribution in [0.15, 0.2) is 18.2 Å². The highest BCUT2D eigenvalue weighted by atomic mass is 19.1. The Hall–Kier alpha value is -1.29. The molecule has 1 aromatic rings. The monoisotopic (exact) mass is 222 g/mol. The zero-order valence-electron chi connectivity index (χ0n) is 9.03. The molecule has 2 saturated heterocycles. The molecule has 2 N–H and O–H groups in total. The molecule has 2 fully saturated rings. The number of fused-ring (bicyclic) bond motifs is 2. The zero-order chi connectivity index (χ0) is 11.1. The van der Waals surface area contributed by atoms with E-state index in [2.05, 4.69) is 4.90 Å². The Kier molecular flexibility index (Phi) is 2.24. The zero-order valence-corrected chi connectivity index (χ0v) is 9.03. The molecule has 3 nitrogen and oxygen atoms in total. The molecule has 2 unspecified atom stereocenters. The van der Waals surface area contributed by atoms with Gasteiger partial charge in [0.05, 0.1) is 23.6 Å². The maximum absolute atomic E-state index is 13.4. The van der Waals surface area contributed by atoms with Gasteiger partial charge < -0.3 is 15.4 Å². The van der Waals surface area contributed by atoms with Gasteiger partial charge in [-0.3, -0.25) is 0 Å². The standard InChI is InChI=1S/C12H15FN2O/c13-10-2-1-3-11(12(10)14)15-6-8-4-5-9(7-15)16-8/h1-3,8-9H,4-7,14H2. The molecule has 86 valence electrons. The molecule has 0 saturated carbocycles. The van der Waals surface area contributed by atoms with Gasteiger partial charge in [0.25, 0.3) is 0 Å². The lowest BCUT2D eigenvalue weighted by Crippen LogP contribution is -2.43. The van der Waals surface area contributed by atoms with Crippen LogP contribution in [0.1, 0.15) is 12.8 Å². The molecule has 2 atom stereocenters. The summed E-state index contributed by atoms with van der Waals surface area (Å²) in [6, 6.07) is 4.98. The number of rotatable bonds is 1. The van der Waals surface area contributed by atoms with Crippen molar-refractivity contribution < 1.29 is 9.13 Å². The molecule has 2 aliphatic rings. The van der Waals surface area contributed by atoms with Crippen molar-refractivity contribution in [2.45, 2.75) is 25.0 Å². The number of hydrogen-bond donors (Lipinski definition) is 1. The average Bonchev–Trinajstić information content (AvgIpc) is 2.62. The third-order valence-electron chi connectivity index (χ3n) is 3.41. The number of nitrogens with two attached hydrogens (primary N) is 1.